The van der Waals surface area contributed by atoms with E-state index in [4.69, 9.17) is 31.6 Å². The van der Waals surface area contributed by atoms with Gasteiger partial charge in [-0.1, -0.05) is 0 Å². The lowest BCUT2D eigenvalue weighted by Gasteiger charge is -2.15. The van der Waals surface area contributed by atoms with Crippen molar-refractivity contribution in [3.8, 4) is 24.3 Å². The second kappa shape index (κ2) is 11.0. The van der Waals surface area contributed by atoms with E-state index in [1.54, 1.807) is 6.07 Å². The van der Waals surface area contributed by atoms with Gasteiger partial charge in [0.05, 0.1) is 54.8 Å². The van der Waals surface area contributed by atoms with Crippen LogP contribution >= 0.6 is 0 Å². The number of hydrogen-bond acceptors (Lipinski definition) is 8. The molecule has 0 bridgehead atoms. The predicted octanol–water partition coefficient (Wildman–Crippen LogP) is 5.80. The van der Waals surface area contributed by atoms with Crippen LogP contribution in [0, 0.1) is 95.1 Å². The van der Waals surface area contributed by atoms with Gasteiger partial charge in [0, 0.05) is 39.6 Å². The standard InChI is InChI=1S/C30H2F4N12/c1-39-14(6-36)20-17(12-9-43-16(8-38)45-28(12)33)11(5-35)18-22(20)26(32)24-23(25(18)31)21(15(7-37)40-2)19(27(24)41-3)13-10-44-30(42-4)46-29(13)34/h9-10H/b20-14-,21-15+. The molecular weight excluding hydrogens is 604 g/mol. The van der Waals surface area contributed by atoms with Gasteiger partial charge in [-0.3, -0.25) is 0 Å². The molecule has 210 valence electrons. The van der Waals surface area contributed by atoms with Crippen LogP contribution in [0.2, 0.25) is 0 Å². The van der Waals surface area contributed by atoms with E-state index in [1.165, 1.54) is 18.2 Å². The minimum absolute atomic E-state index is 0.651. The minimum atomic E-state index is -1.55. The van der Waals surface area contributed by atoms with E-state index in [0.717, 1.165) is 6.20 Å². The normalized spacial score (nSPS) is 14.7. The van der Waals surface area contributed by atoms with Crippen LogP contribution in [0.25, 0.3) is 52.9 Å². The molecule has 0 atom stereocenters. The number of benzene rings is 1. The Kier molecular flexibility index (Phi) is 7.05. The van der Waals surface area contributed by atoms with Gasteiger partial charge in [0.25, 0.3) is 17.3 Å². The van der Waals surface area contributed by atoms with E-state index < -0.39 is 114 Å². The van der Waals surface area contributed by atoms with Crippen molar-refractivity contribution in [3.63, 3.8) is 0 Å². The van der Waals surface area contributed by atoms with Crippen LogP contribution < -0.4 is 0 Å². The van der Waals surface area contributed by atoms with Gasteiger partial charge in [-0.25, -0.2) is 38.8 Å². The second-order valence-electron chi connectivity index (χ2n) is 8.72. The molecule has 0 fully saturated rings. The molecule has 0 amide bonds. The van der Waals surface area contributed by atoms with Crippen LogP contribution in [0.4, 0.5) is 23.5 Å². The van der Waals surface area contributed by atoms with Crippen molar-refractivity contribution in [1.82, 2.24) is 19.9 Å². The SMILES string of the molecule is [C-]#[N+]C1=C(c2cnc([N+]#[C-])nc2F)/C(=C(/C#N)[N+]#[C-])c2c(F)c3c(c(F)c21)/C(=C(/C#N)[N+]#[C-])C(c1cnc(C#N)nc1F)=C3C#N. The molecule has 0 unspecified atom stereocenters. The third kappa shape index (κ3) is 3.92. The molecule has 2 aromatic heterocycles. The lowest BCUT2D eigenvalue weighted by molar-refractivity contribution is 0.573. The summed E-state index contributed by atoms with van der Waals surface area (Å²) < 4.78 is 64.2. The summed E-state index contributed by atoms with van der Waals surface area (Å²) in [7, 11) is 0. The fourth-order valence-electron chi connectivity index (χ4n) is 5.02. The maximum atomic E-state index is 16.9. The third-order valence-electron chi connectivity index (χ3n) is 6.69. The molecule has 0 saturated carbocycles. The quantitative estimate of drug-likeness (QED) is 0.153. The van der Waals surface area contributed by atoms with Crippen molar-refractivity contribution < 1.29 is 17.6 Å². The lowest BCUT2D eigenvalue weighted by atomic mass is 9.91. The number of hydrogen-bond donors (Lipinski definition) is 0. The number of fused-ring (bicyclic) bond motifs is 2. The second-order valence-corrected chi connectivity index (χ2v) is 8.72. The van der Waals surface area contributed by atoms with Gasteiger partial charge in [-0.05, 0) is 11.1 Å². The summed E-state index contributed by atoms with van der Waals surface area (Å²) in [5.74, 6) is -7.29. The Labute approximate surface area is 254 Å². The van der Waals surface area contributed by atoms with Gasteiger partial charge in [0.1, 0.15) is 23.8 Å². The lowest BCUT2D eigenvalue weighted by Crippen LogP contribution is -2.05. The Balaban J connectivity index is 2.03. The van der Waals surface area contributed by atoms with E-state index in [0.29, 0.717) is 6.20 Å². The average Bonchev–Trinajstić information content (AvgIpc) is 3.59. The van der Waals surface area contributed by atoms with Crippen molar-refractivity contribution in [1.29, 1.82) is 21.0 Å². The average molecular weight is 606 g/mol. The predicted molar refractivity (Wildman–Crippen MR) is 145 cm³/mol. The summed E-state index contributed by atoms with van der Waals surface area (Å²) in [5, 5.41) is 38.7. The fourth-order valence-corrected chi connectivity index (χ4v) is 5.02. The van der Waals surface area contributed by atoms with E-state index in [9.17, 15) is 15.8 Å². The molecule has 2 heterocycles. The molecule has 3 aromatic rings. The molecule has 2 aliphatic carbocycles. The highest BCUT2D eigenvalue weighted by Gasteiger charge is 2.45. The zero-order valence-corrected chi connectivity index (χ0v) is 22.0. The molecule has 0 saturated heterocycles. The first-order valence-electron chi connectivity index (χ1n) is 11.9. The van der Waals surface area contributed by atoms with Crippen molar-refractivity contribution >= 4 is 39.5 Å². The van der Waals surface area contributed by atoms with Crippen molar-refractivity contribution in [2.75, 3.05) is 0 Å². The van der Waals surface area contributed by atoms with E-state index >= 15 is 17.6 Å². The molecule has 0 radical (unpaired) electrons. The number of allylic oxidation sites excluding steroid dienone is 7. The fraction of sp³-hybridized carbons (Fsp3) is 0. The minimum Gasteiger partial charge on any atom is -0.394 e. The van der Waals surface area contributed by atoms with Crippen LogP contribution in [0.1, 0.15) is 39.2 Å². The summed E-state index contributed by atoms with van der Waals surface area (Å²) in [6, 6.07) is 6.04. The molecular formula is C30H2F4N12. The first-order chi connectivity index (χ1) is 22.2. The van der Waals surface area contributed by atoms with Crippen LogP contribution in [-0.2, 0) is 0 Å². The highest BCUT2D eigenvalue weighted by atomic mass is 19.1. The van der Waals surface area contributed by atoms with E-state index in [1.807, 2.05) is 0 Å². The highest BCUT2D eigenvalue weighted by Crippen LogP contribution is 2.57. The molecule has 5 rings (SSSR count). The van der Waals surface area contributed by atoms with Crippen LogP contribution in [0.5, 0.6) is 0 Å². The van der Waals surface area contributed by atoms with Crippen molar-refractivity contribution in [2.45, 2.75) is 0 Å². The van der Waals surface area contributed by atoms with E-state index in [2.05, 4.69) is 39.3 Å². The monoisotopic (exact) mass is 606 g/mol. The number of aromatic nitrogens is 4. The molecule has 46 heavy (non-hydrogen) atoms. The van der Waals surface area contributed by atoms with Gasteiger partial charge in [0.15, 0.2) is 0 Å². The first-order valence-corrected chi connectivity index (χ1v) is 11.9. The number of nitrogens with zero attached hydrogens (tertiary/aromatic N) is 12. The van der Waals surface area contributed by atoms with Crippen molar-refractivity contribution in [3.05, 3.63) is 132 Å². The van der Waals surface area contributed by atoms with Gasteiger partial charge in [0.2, 0.25) is 17.5 Å². The van der Waals surface area contributed by atoms with Gasteiger partial charge in [-0.15, -0.1) is 11.6 Å². The molecule has 16 heteroatoms. The smallest absolute Gasteiger partial charge is 0.374 e. The van der Waals surface area contributed by atoms with Crippen LogP contribution in [0.3, 0.4) is 0 Å². The Morgan fingerprint density at radius 1 is 0.652 bits per heavy atom. The summed E-state index contributed by atoms with van der Waals surface area (Å²) in [4.78, 5) is 26.1. The maximum absolute atomic E-state index is 16.9. The topological polar surface area (TPSA) is 164 Å². The summed E-state index contributed by atoms with van der Waals surface area (Å²) in [6.45, 7) is 29.8. The summed E-state index contributed by atoms with van der Waals surface area (Å²) >= 11 is 0. The zero-order chi connectivity index (χ0) is 33.4. The summed E-state index contributed by atoms with van der Waals surface area (Å²) in [6.07, 6.45) is 1.42. The Bertz CT molecular complexity index is 2290. The number of rotatable bonds is 2. The van der Waals surface area contributed by atoms with Gasteiger partial charge in [-0.2, -0.15) is 29.3 Å². The van der Waals surface area contributed by atoms with Crippen LogP contribution in [-0.4, -0.2) is 19.9 Å². The Hall–Kier alpha value is -8.02. The Morgan fingerprint density at radius 3 is 1.70 bits per heavy atom. The molecule has 0 spiro atoms. The third-order valence-corrected chi connectivity index (χ3v) is 6.69. The molecule has 0 aliphatic heterocycles. The molecule has 12 nitrogen and oxygen atoms in total. The Morgan fingerprint density at radius 2 is 1.20 bits per heavy atom. The van der Waals surface area contributed by atoms with Crippen molar-refractivity contribution in [2.24, 2.45) is 0 Å². The van der Waals surface area contributed by atoms with E-state index in [-0.39, 0.29) is 0 Å². The van der Waals surface area contributed by atoms with Gasteiger partial charge >= 0.3 is 5.95 Å². The first kappa shape index (κ1) is 29.5. The van der Waals surface area contributed by atoms with Crippen LogP contribution in [0.15, 0.2) is 23.8 Å². The number of halogens is 4. The maximum Gasteiger partial charge on any atom is 0.374 e. The molecule has 1 aromatic carbocycles. The highest BCUT2D eigenvalue weighted by molar-refractivity contribution is 6.29. The number of nitriles is 4. The zero-order valence-electron chi connectivity index (χ0n) is 22.0. The summed E-state index contributed by atoms with van der Waals surface area (Å²) in [5.41, 5.74) is -11.6. The van der Waals surface area contributed by atoms with Gasteiger partial charge < -0.3 is 4.85 Å². The molecule has 2 aliphatic rings. The molecule has 0 N–H and O–H groups in total. The largest absolute Gasteiger partial charge is 0.394 e.